The third-order valence-corrected chi connectivity index (χ3v) is 3.72. The molecule has 6 heteroatoms. The summed E-state index contributed by atoms with van der Waals surface area (Å²) in [7, 11) is 0. The first kappa shape index (κ1) is 14.1. The summed E-state index contributed by atoms with van der Waals surface area (Å²) in [5.41, 5.74) is 0.987. The number of amides is 1. The van der Waals surface area contributed by atoms with Crippen molar-refractivity contribution in [2.75, 3.05) is 31.1 Å². The van der Waals surface area contributed by atoms with Crippen LogP contribution in [0, 0.1) is 0 Å². The number of carbonyl (C=O) groups excluding carboxylic acids is 1. The lowest BCUT2D eigenvalue weighted by Gasteiger charge is -2.36. The van der Waals surface area contributed by atoms with Crippen LogP contribution in [0.3, 0.4) is 0 Å². The average molecular weight is 283 g/mol. The number of anilines is 1. The van der Waals surface area contributed by atoms with Gasteiger partial charge in [-0.1, -0.05) is 25.4 Å². The van der Waals surface area contributed by atoms with Gasteiger partial charge >= 0.3 is 0 Å². The molecule has 1 aromatic rings. The quantitative estimate of drug-likeness (QED) is 0.778. The molecule has 5 nitrogen and oxygen atoms in total. The highest BCUT2D eigenvalue weighted by Gasteiger charge is 2.23. The Balaban J connectivity index is 2.20. The van der Waals surface area contributed by atoms with E-state index >= 15 is 0 Å². The molecule has 0 aromatic carbocycles. The topological polar surface area (TPSA) is 49.3 Å². The number of hydrogen-bond donors (Lipinski definition) is 0. The molecule has 1 saturated heterocycles. The summed E-state index contributed by atoms with van der Waals surface area (Å²) in [6.45, 7) is 8.80. The molecule has 1 fully saturated rings. The van der Waals surface area contributed by atoms with E-state index in [-0.39, 0.29) is 11.8 Å². The lowest BCUT2D eigenvalue weighted by molar-refractivity contribution is -0.129. The zero-order chi connectivity index (χ0) is 14.0. The van der Waals surface area contributed by atoms with Crippen molar-refractivity contribution in [1.29, 1.82) is 0 Å². The second-order valence-corrected chi connectivity index (χ2v) is 5.41. The van der Waals surface area contributed by atoms with Crippen molar-refractivity contribution in [3.63, 3.8) is 0 Å². The van der Waals surface area contributed by atoms with Crippen molar-refractivity contribution in [2.24, 2.45) is 0 Å². The van der Waals surface area contributed by atoms with E-state index in [0.717, 1.165) is 37.6 Å². The zero-order valence-corrected chi connectivity index (χ0v) is 12.3. The van der Waals surface area contributed by atoms with Gasteiger partial charge < -0.3 is 9.80 Å². The van der Waals surface area contributed by atoms with Crippen LogP contribution in [0.2, 0.25) is 5.15 Å². The fraction of sp³-hybridized carbons (Fsp3) is 0.615. The van der Waals surface area contributed by atoms with E-state index in [4.69, 9.17) is 11.6 Å². The summed E-state index contributed by atoms with van der Waals surface area (Å²) in [4.78, 5) is 23.8. The smallest absolute Gasteiger partial charge is 0.219 e. The maximum absolute atomic E-state index is 11.3. The lowest BCUT2D eigenvalue weighted by Crippen LogP contribution is -2.48. The number of nitrogens with zero attached hydrogens (tertiary/aromatic N) is 4. The van der Waals surface area contributed by atoms with Crippen LogP contribution >= 0.6 is 11.6 Å². The molecule has 0 atom stereocenters. The molecule has 19 heavy (non-hydrogen) atoms. The normalized spacial score (nSPS) is 16.1. The molecule has 2 heterocycles. The van der Waals surface area contributed by atoms with Crippen LogP contribution in [0.4, 0.5) is 5.82 Å². The van der Waals surface area contributed by atoms with Crippen LogP contribution in [0.15, 0.2) is 6.33 Å². The van der Waals surface area contributed by atoms with Crippen molar-refractivity contribution in [1.82, 2.24) is 14.9 Å². The van der Waals surface area contributed by atoms with Crippen LogP contribution in [-0.2, 0) is 4.79 Å². The van der Waals surface area contributed by atoms with Gasteiger partial charge in [0.25, 0.3) is 0 Å². The van der Waals surface area contributed by atoms with Gasteiger partial charge in [-0.3, -0.25) is 4.79 Å². The van der Waals surface area contributed by atoms with Crippen molar-refractivity contribution < 1.29 is 4.79 Å². The lowest BCUT2D eigenvalue weighted by atomic mass is 10.1. The number of aromatic nitrogens is 2. The zero-order valence-electron chi connectivity index (χ0n) is 11.6. The van der Waals surface area contributed by atoms with Crippen molar-refractivity contribution in [2.45, 2.75) is 26.7 Å². The SMILES string of the molecule is CC(=O)N1CCN(c2ncnc(Cl)c2C(C)C)CC1. The maximum atomic E-state index is 11.3. The van der Waals surface area contributed by atoms with Crippen LogP contribution < -0.4 is 4.90 Å². The molecule has 1 aliphatic heterocycles. The highest BCUT2D eigenvalue weighted by Crippen LogP contribution is 2.30. The summed E-state index contributed by atoms with van der Waals surface area (Å²) < 4.78 is 0. The standard InChI is InChI=1S/C13H19ClN4O/c1-9(2)11-12(14)15-8-16-13(11)18-6-4-17(5-7-18)10(3)19/h8-9H,4-7H2,1-3H3. The molecule has 0 N–H and O–H groups in total. The third kappa shape index (κ3) is 2.97. The Morgan fingerprint density at radius 1 is 1.26 bits per heavy atom. The molecule has 0 radical (unpaired) electrons. The van der Waals surface area contributed by atoms with Gasteiger partial charge in [-0.15, -0.1) is 0 Å². The second kappa shape index (κ2) is 5.74. The number of rotatable bonds is 2. The van der Waals surface area contributed by atoms with Gasteiger partial charge in [0.15, 0.2) is 0 Å². The van der Waals surface area contributed by atoms with E-state index < -0.39 is 0 Å². The van der Waals surface area contributed by atoms with E-state index in [2.05, 4.69) is 28.7 Å². The Labute approximate surface area is 118 Å². The summed E-state index contributed by atoms with van der Waals surface area (Å²) in [6.07, 6.45) is 1.50. The minimum atomic E-state index is 0.129. The number of halogens is 1. The Hall–Kier alpha value is -1.36. The molecule has 2 rings (SSSR count). The average Bonchev–Trinajstić information content (AvgIpc) is 2.38. The molecule has 0 bridgehead atoms. The number of piperazine rings is 1. The van der Waals surface area contributed by atoms with Crippen LogP contribution in [-0.4, -0.2) is 47.0 Å². The molecule has 0 spiro atoms. The first-order chi connectivity index (χ1) is 9.00. The van der Waals surface area contributed by atoms with Gasteiger partial charge in [-0.05, 0) is 5.92 Å². The van der Waals surface area contributed by atoms with Crippen molar-refractivity contribution in [3.8, 4) is 0 Å². The molecule has 0 unspecified atom stereocenters. The third-order valence-electron chi connectivity index (χ3n) is 3.42. The molecular formula is C13H19ClN4O. The Kier molecular flexibility index (Phi) is 4.24. The van der Waals surface area contributed by atoms with Crippen molar-refractivity contribution >= 4 is 23.3 Å². The highest BCUT2D eigenvalue weighted by molar-refractivity contribution is 6.30. The summed E-state index contributed by atoms with van der Waals surface area (Å²) in [6, 6.07) is 0. The van der Waals surface area contributed by atoms with Crippen LogP contribution in [0.25, 0.3) is 0 Å². The second-order valence-electron chi connectivity index (χ2n) is 5.05. The largest absolute Gasteiger partial charge is 0.353 e. The van der Waals surface area contributed by atoms with Gasteiger partial charge in [0.05, 0.1) is 0 Å². The van der Waals surface area contributed by atoms with Gasteiger partial charge in [-0.2, -0.15) is 0 Å². The first-order valence-electron chi connectivity index (χ1n) is 6.51. The van der Waals surface area contributed by atoms with E-state index in [9.17, 15) is 4.79 Å². The van der Waals surface area contributed by atoms with E-state index in [1.165, 1.54) is 6.33 Å². The van der Waals surface area contributed by atoms with E-state index in [0.29, 0.717) is 5.15 Å². The predicted molar refractivity (Wildman–Crippen MR) is 75.6 cm³/mol. The predicted octanol–water partition coefficient (Wildman–Crippen LogP) is 1.92. The van der Waals surface area contributed by atoms with Gasteiger partial charge in [0.1, 0.15) is 17.3 Å². The van der Waals surface area contributed by atoms with Crippen molar-refractivity contribution in [3.05, 3.63) is 17.0 Å². The molecule has 104 valence electrons. The Morgan fingerprint density at radius 2 is 1.89 bits per heavy atom. The number of hydrogen-bond acceptors (Lipinski definition) is 4. The minimum absolute atomic E-state index is 0.129. The first-order valence-corrected chi connectivity index (χ1v) is 6.89. The van der Waals surface area contributed by atoms with Gasteiger partial charge in [-0.25, -0.2) is 9.97 Å². The fourth-order valence-electron chi connectivity index (χ4n) is 2.35. The fourth-order valence-corrected chi connectivity index (χ4v) is 2.69. The minimum Gasteiger partial charge on any atom is -0.353 e. The highest BCUT2D eigenvalue weighted by atomic mass is 35.5. The summed E-state index contributed by atoms with van der Waals surface area (Å²) in [5.74, 6) is 1.30. The Bertz CT molecular complexity index is 470. The van der Waals surface area contributed by atoms with Gasteiger partial charge in [0, 0.05) is 38.7 Å². The monoisotopic (exact) mass is 282 g/mol. The molecule has 1 aromatic heterocycles. The Morgan fingerprint density at radius 3 is 2.42 bits per heavy atom. The molecule has 0 saturated carbocycles. The molecule has 1 amide bonds. The van der Waals surface area contributed by atoms with Gasteiger partial charge in [0.2, 0.25) is 5.91 Å². The van der Waals surface area contributed by atoms with E-state index in [1.54, 1.807) is 6.92 Å². The van der Waals surface area contributed by atoms with Crippen LogP contribution in [0.5, 0.6) is 0 Å². The van der Waals surface area contributed by atoms with E-state index in [1.807, 2.05) is 4.90 Å². The summed E-state index contributed by atoms with van der Waals surface area (Å²) in [5, 5.41) is 0.522. The maximum Gasteiger partial charge on any atom is 0.219 e. The van der Waals surface area contributed by atoms with Crippen LogP contribution in [0.1, 0.15) is 32.3 Å². The number of carbonyl (C=O) groups is 1. The molecular weight excluding hydrogens is 264 g/mol. The molecule has 1 aliphatic rings. The summed E-state index contributed by atoms with van der Waals surface area (Å²) >= 11 is 6.18. The molecule has 0 aliphatic carbocycles.